The van der Waals surface area contributed by atoms with Crippen LogP contribution in [0.25, 0.3) is 11.1 Å². The lowest BCUT2D eigenvalue weighted by Gasteiger charge is -2.11. The van der Waals surface area contributed by atoms with E-state index in [1.165, 1.54) is 6.21 Å². The van der Waals surface area contributed by atoms with Crippen LogP contribution in [0.4, 0.5) is 0 Å². The summed E-state index contributed by atoms with van der Waals surface area (Å²) in [6, 6.07) is 8.78. The SMILES string of the molecule is CC[C@@H](C=N)COc1c[c]cc(-c2cnn(C)c2)c1. The van der Waals surface area contributed by atoms with Crippen molar-refractivity contribution in [2.24, 2.45) is 13.0 Å². The van der Waals surface area contributed by atoms with Crippen LogP contribution in [0.5, 0.6) is 5.75 Å². The molecule has 0 aliphatic rings. The molecule has 4 heteroatoms. The summed E-state index contributed by atoms with van der Waals surface area (Å²) in [7, 11) is 1.89. The van der Waals surface area contributed by atoms with Gasteiger partial charge in [0.2, 0.25) is 0 Å². The molecule has 0 aliphatic heterocycles. The second-order valence-electron chi connectivity index (χ2n) is 4.51. The first-order valence-electron chi connectivity index (χ1n) is 6.36. The minimum atomic E-state index is 0.169. The fourth-order valence-electron chi connectivity index (χ4n) is 1.76. The molecule has 19 heavy (non-hydrogen) atoms. The molecule has 1 aromatic heterocycles. The molecular formula is C15H18N3O. The predicted molar refractivity (Wildman–Crippen MR) is 75.5 cm³/mol. The van der Waals surface area contributed by atoms with Gasteiger partial charge >= 0.3 is 0 Å². The fourth-order valence-corrected chi connectivity index (χ4v) is 1.76. The molecule has 0 fully saturated rings. The average molecular weight is 256 g/mol. The molecule has 0 spiro atoms. The molecule has 4 nitrogen and oxygen atoms in total. The zero-order valence-electron chi connectivity index (χ0n) is 11.3. The van der Waals surface area contributed by atoms with Gasteiger partial charge in [0.1, 0.15) is 5.75 Å². The maximum atomic E-state index is 7.28. The smallest absolute Gasteiger partial charge is 0.120 e. The van der Waals surface area contributed by atoms with E-state index in [-0.39, 0.29) is 5.92 Å². The van der Waals surface area contributed by atoms with Crippen molar-refractivity contribution in [3.05, 3.63) is 36.7 Å². The number of ether oxygens (including phenoxy) is 1. The van der Waals surface area contributed by atoms with E-state index in [1.807, 2.05) is 37.6 Å². The first-order valence-corrected chi connectivity index (χ1v) is 6.36. The lowest BCUT2D eigenvalue weighted by molar-refractivity contribution is 0.283. The van der Waals surface area contributed by atoms with Gasteiger partial charge in [-0.3, -0.25) is 4.68 Å². The van der Waals surface area contributed by atoms with Crippen molar-refractivity contribution < 1.29 is 4.74 Å². The third-order valence-electron chi connectivity index (χ3n) is 3.02. The Morgan fingerprint density at radius 3 is 2.95 bits per heavy atom. The van der Waals surface area contributed by atoms with E-state index >= 15 is 0 Å². The van der Waals surface area contributed by atoms with Crippen molar-refractivity contribution in [2.45, 2.75) is 13.3 Å². The molecule has 99 valence electrons. The highest BCUT2D eigenvalue weighted by Crippen LogP contribution is 2.23. The van der Waals surface area contributed by atoms with Crippen LogP contribution in [-0.4, -0.2) is 22.6 Å². The summed E-state index contributed by atoms with van der Waals surface area (Å²) in [5, 5.41) is 11.4. The molecule has 0 bridgehead atoms. The second kappa shape index (κ2) is 6.18. The highest BCUT2D eigenvalue weighted by molar-refractivity contribution is 5.63. The molecule has 1 radical (unpaired) electrons. The highest BCUT2D eigenvalue weighted by atomic mass is 16.5. The van der Waals surface area contributed by atoms with Crippen LogP contribution in [0.15, 0.2) is 30.6 Å². The molecule has 1 N–H and O–H groups in total. The van der Waals surface area contributed by atoms with E-state index in [0.717, 1.165) is 23.3 Å². The van der Waals surface area contributed by atoms with Crippen molar-refractivity contribution in [1.29, 1.82) is 5.41 Å². The number of aryl methyl sites for hydroxylation is 1. The standard InChI is InChI=1S/C15H18N3O/c1-3-12(8-16)11-19-15-6-4-5-13(7-15)14-9-17-18(2)10-14/h5-10,12,16H,3,11H2,1-2H3/t12-/m0/s1. The highest BCUT2D eigenvalue weighted by Gasteiger charge is 2.05. The molecule has 0 aliphatic carbocycles. The van der Waals surface area contributed by atoms with Crippen LogP contribution < -0.4 is 4.74 Å². The molecule has 1 atom stereocenters. The molecule has 2 aromatic rings. The summed E-state index contributed by atoms with van der Waals surface area (Å²) in [6.07, 6.45) is 6.13. The van der Waals surface area contributed by atoms with Crippen LogP contribution in [0, 0.1) is 17.4 Å². The van der Waals surface area contributed by atoms with Gasteiger partial charge in [-0.2, -0.15) is 5.10 Å². The van der Waals surface area contributed by atoms with Crippen LogP contribution in [0.2, 0.25) is 0 Å². The van der Waals surface area contributed by atoms with E-state index in [9.17, 15) is 0 Å². The zero-order chi connectivity index (χ0) is 13.7. The van der Waals surface area contributed by atoms with E-state index in [1.54, 1.807) is 4.68 Å². The van der Waals surface area contributed by atoms with Crippen molar-refractivity contribution in [3.8, 4) is 16.9 Å². The number of hydrogen-bond acceptors (Lipinski definition) is 3. The Kier molecular flexibility index (Phi) is 4.34. The average Bonchev–Trinajstić information content (AvgIpc) is 2.87. The first-order chi connectivity index (χ1) is 9.22. The molecule has 0 saturated carbocycles. The minimum Gasteiger partial charge on any atom is -0.493 e. The third-order valence-corrected chi connectivity index (χ3v) is 3.02. The number of benzene rings is 1. The lowest BCUT2D eigenvalue weighted by Crippen LogP contribution is -2.11. The molecular weight excluding hydrogens is 238 g/mol. The molecule has 1 aromatic carbocycles. The van der Waals surface area contributed by atoms with Gasteiger partial charge in [-0.25, -0.2) is 0 Å². The van der Waals surface area contributed by atoms with Crippen molar-refractivity contribution in [3.63, 3.8) is 0 Å². The summed E-state index contributed by atoms with van der Waals surface area (Å²) >= 11 is 0. The van der Waals surface area contributed by atoms with Gasteiger partial charge in [0, 0.05) is 30.9 Å². The van der Waals surface area contributed by atoms with Crippen molar-refractivity contribution in [1.82, 2.24) is 9.78 Å². The summed E-state index contributed by atoms with van der Waals surface area (Å²) in [5.74, 6) is 0.948. The van der Waals surface area contributed by atoms with Crippen molar-refractivity contribution >= 4 is 6.21 Å². The topological polar surface area (TPSA) is 50.9 Å². The first kappa shape index (κ1) is 13.3. The van der Waals surface area contributed by atoms with Gasteiger partial charge in [0.25, 0.3) is 0 Å². The monoisotopic (exact) mass is 256 g/mol. The fraction of sp³-hybridized carbons (Fsp3) is 0.333. The normalized spacial score (nSPS) is 12.1. The van der Waals surface area contributed by atoms with Gasteiger partial charge in [-0.1, -0.05) is 6.92 Å². The molecule has 0 saturated heterocycles. The maximum absolute atomic E-state index is 7.28. The lowest BCUT2D eigenvalue weighted by atomic mass is 10.1. The molecule has 0 amide bonds. The van der Waals surface area contributed by atoms with Crippen molar-refractivity contribution in [2.75, 3.05) is 6.61 Å². The van der Waals surface area contributed by atoms with E-state index in [0.29, 0.717) is 6.61 Å². The Hall–Kier alpha value is -2.10. The molecule has 2 rings (SSSR count). The molecule has 0 unspecified atom stereocenters. The van der Waals surface area contributed by atoms with E-state index in [4.69, 9.17) is 10.1 Å². The summed E-state index contributed by atoms with van der Waals surface area (Å²) < 4.78 is 7.48. The van der Waals surface area contributed by atoms with Gasteiger partial charge in [-0.05, 0) is 36.2 Å². The Labute approximate surface area is 113 Å². The van der Waals surface area contributed by atoms with E-state index in [2.05, 4.69) is 18.1 Å². The number of hydrogen-bond donors (Lipinski definition) is 1. The minimum absolute atomic E-state index is 0.169. The quantitative estimate of drug-likeness (QED) is 0.808. The maximum Gasteiger partial charge on any atom is 0.120 e. The number of nitrogens with one attached hydrogen (secondary N) is 1. The predicted octanol–water partition coefficient (Wildman–Crippen LogP) is 2.94. The summed E-state index contributed by atoms with van der Waals surface area (Å²) in [4.78, 5) is 0. The van der Waals surface area contributed by atoms with Gasteiger partial charge in [0.15, 0.2) is 0 Å². The van der Waals surface area contributed by atoms with Gasteiger partial charge < -0.3 is 10.1 Å². The Bertz CT molecular complexity index is 548. The van der Waals surface area contributed by atoms with Gasteiger partial charge in [-0.15, -0.1) is 0 Å². The zero-order valence-corrected chi connectivity index (χ0v) is 11.3. The van der Waals surface area contributed by atoms with E-state index < -0.39 is 0 Å². The van der Waals surface area contributed by atoms with Gasteiger partial charge in [0.05, 0.1) is 12.8 Å². The Morgan fingerprint density at radius 1 is 1.47 bits per heavy atom. The summed E-state index contributed by atoms with van der Waals surface area (Å²) in [6.45, 7) is 2.58. The third kappa shape index (κ3) is 3.44. The largest absolute Gasteiger partial charge is 0.493 e. The van der Waals surface area contributed by atoms with Crippen LogP contribution in [0.3, 0.4) is 0 Å². The Morgan fingerprint density at radius 2 is 2.32 bits per heavy atom. The van der Waals surface area contributed by atoms with Crippen LogP contribution in [0.1, 0.15) is 13.3 Å². The number of nitrogens with zero attached hydrogens (tertiary/aromatic N) is 2. The van der Waals surface area contributed by atoms with Crippen LogP contribution >= 0.6 is 0 Å². The number of aromatic nitrogens is 2. The molecule has 1 heterocycles. The summed E-state index contributed by atoms with van der Waals surface area (Å²) in [5.41, 5.74) is 2.08. The van der Waals surface area contributed by atoms with Crippen LogP contribution in [-0.2, 0) is 7.05 Å². The second-order valence-corrected chi connectivity index (χ2v) is 4.51. The Balaban J connectivity index is 2.09. The number of rotatable bonds is 6.